The van der Waals surface area contributed by atoms with Crippen molar-refractivity contribution in [2.75, 3.05) is 0 Å². The number of hydrogen-bond donors (Lipinski definition) is 2. The second-order valence-electron chi connectivity index (χ2n) is 5.22. The molecule has 0 unspecified atom stereocenters. The number of rotatable bonds is 3. The van der Waals surface area contributed by atoms with Crippen LogP contribution in [0.2, 0.25) is 5.02 Å². The third-order valence-electron chi connectivity index (χ3n) is 3.62. The first-order valence-corrected chi connectivity index (χ1v) is 7.65. The van der Waals surface area contributed by atoms with Crippen molar-refractivity contribution < 1.29 is 5.11 Å². The summed E-state index contributed by atoms with van der Waals surface area (Å²) >= 11 is 6.22. The van der Waals surface area contributed by atoms with Crippen LogP contribution >= 0.6 is 11.6 Å². The van der Waals surface area contributed by atoms with E-state index < -0.39 is 0 Å². The van der Waals surface area contributed by atoms with E-state index in [4.69, 9.17) is 16.7 Å². The lowest BCUT2D eigenvalue weighted by molar-refractivity contribution is 0.281. The Morgan fingerprint density at radius 3 is 2.71 bits per heavy atom. The Morgan fingerprint density at radius 1 is 1.08 bits per heavy atom. The molecule has 118 valence electrons. The zero-order valence-electron chi connectivity index (χ0n) is 12.4. The Morgan fingerprint density at radius 2 is 2.00 bits per heavy atom. The maximum Gasteiger partial charge on any atom is 0.178 e. The SMILES string of the molecule is OCc1cnc(-c2ccc(-c3nc4ncccc4[nH]3)nc2)c(Cl)c1. The van der Waals surface area contributed by atoms with Gasteiger partial charge < -0.3 is 10.1 Å². The summed E-state index contributed by atoms with van der Waals surface area (Å²) in [7, 11) is 0. The number of fused-ring (bicyclic) bond motifs is 1. The Labute approximate surface area is 142 Å². The summed E-state index contributed by atoms with van der Waals surface area (Å²) in [5.74, 6) is 0.657. The maximum absolute atomic E-state index is 9.12. The topological polar surface area (TPSA) is 87.6 Å². The van der Waals surface area contributed by atoms with E-state index in [0.29, 0.717) is 33.4 Å². The highest BCUT2D eigenvalue weighted by atomic mass is 35.5. The second kappa shape index (κ2) is 5.99. The third-order valence-corrected chi connectivity index (χ3v) is 3.91. The second-order valence-corrected chi connectivity index (χ2v) is 5.63. The molecule has 0 aliphatic heterocycles. The van der Waals surface area contributed by atoms with E-state index in [1.54, 1.807) is 24.7 Å². The van der Waals surface area contributed by atoms with Crippen LogP contribution in [0.3, 0.4) is 0 Å². The van der Waals surface area contributed by atoms with Gasteiger partial charge in [0.25, 0.3) is 0 Å². The highest BCUT2D eigenvalue weighted by Crippen LogP contribution is 2.27. The van der Waals surface area contributed by atoms with Crippen molar-refractivity contribution in [3.05, 3.63) is 59.5 Å². The van der Waals surface area contributed by atoms with Gasteiger partial charge in [0.15, 0.2) is 11.5 Å². The highest BCUT2D eigenvalue weighted by Gasteiger charge is 2.10. The van der Waals surface area contributed by atoms with Crippen molar-refractivity contribution >= 4 is 22.8 Å². The molecule has 0 atom stereocenters. The lowest BCUT2D eigenvalue weighted by atomic mass is 10.1. The minimum absolute atomic E-state index is 0.0930. The van der Waals surface area contributed by atoms with Crippen LogP contribution in [-0.2, 0) is 6.61 Å². The highest BCUT2D eigenvalue weighted by molar-refractivity contribution is 6.33. The smallest absolute Gasteiger partial charge is 0.178 e. The van der Waals surface area contributed by atoms with Crippen LogP contribution in [0.4, 0.5) is 0 Å². The van der Waals surface area contributed by atoms with Gasteiger partial charge in [-0.25, -0.2) is 9.97 Å². The fraction of sp³-hybridized carbons (Fsp3) is 0.0588. The summed E-state index contributed by atoms with van der Waals surface area (Å²) < 4.78 is 0. The van der Waals surface area contributed by atoms with Gasteiger partial charge in [0, 0.05) is 24.2 Å². The fourth-order valence-electron chi connectivity index (χ4n) is 2.42. The van der Waals surface area contributed by atoms with Gasteiger partial charge in [-0.3, -0.25) is 9.97 Å². The van der Waals surface area contributed by atoms with Crippen LogP contribution in [0.1, 0.15) is 5.56 Å². The van der Waals surface area contributed by atoms with Crippen LogP contribution in [0, 0.1) is 0 Å². The van der Waals surface area contributed by atoms with Gasteiger partial charge in [-0.15, -0.1) is 0 Å². The average Bonchev–Trinajstić information content (AvgIpc) is 3.06. The number of aromatic nitrogens is 5. The third kappa shape index (κ3) is 2.62. The molecule has 0 bridgehead atoms. The number of aromatic amines is 1. The summed E-state index contributed by atoms with van der Waals surface area (Å²) in [6.07, 6.45) is 5.00. The number of aliphatic hydroxyl groups excluding tert-OH is 1. The fourth-order valence-corrected chi connectivity index (χ4v) is 2.71. The van der Waals surface area contributed by atoms with Crippen molar-refractivity contribution in [1.29, 1.82) is 0 Å². The van der Waals surface area contributed by atoms with Crippen molar-refractivity contribution in [1.82, 2.24) is 24.9 Å². The molecular formula is C17H12ClN5O. The minimum atomic E-state index is -0.0930. The van der Waals surface area contributed by atoms with Crippen molar-refractivity contribution in [3.8, 4) is 22.8 Å². The Bertz CT molecular complexity index is 980. The van der Waals surface area contributed by atoms with Crippen LogP contribution in [-0.4, -0.2) is 30.0 Å². The number of hydrogen-bond acceptors (Lipinski definition) is 5. The number of nitrogens with zero attached hydrogens (tertiary/aromatic N) is 4. The standard InChI is InChI=1S/C17H12ClN5O/c18-12-6-10(9-24)7-21-15(12)11-3-4-13(20-8-11)17-22-14-2-1-5-19-16(14)23-17/h1-8,24H,9H2,(H,19,22,23). The first-order valence-electron chi connectivity index (χ1n) is 7.27. The minimum Gasteiger partial charge on any atom is -0.392 e. The van der Waals surface area contributed by atoms with E-state index in [1.807, 2.05) is 24.3 Å². The summed E-state index contributed by atoms with van der Waals surface area (Å²) in [6, 6.07) is 9.20. The van der Waals surface area contributed by atoms with Crippen molar-refractivity contribution in [2.45, 2.75) is 6.61 Å². The molecule has 7 heteroatoms. The first kappa shape index (κ1) is 14.7. The normalized spacial score (nSPS) is 11.1. The molecule has 0 fully saturated rings. The zero-order valence-corrected chi connectivity index (χ0v) is 13.2. The van der Waals surface area contributed by atoms with E-state index >= 15 is 0 Å². The van der Waals surface area contributed by atoms with Crippen LogP contribution in [0.15, 0.2) is 48.9 Å². The van der Waals surface area contributed by atoms with E-state index in [9.17, 15) is 0 Å². The molecule has 0 amide bonds. The van der Waals surface area contributed by atoms with Gasteiger partial charge in [0.2, 0.25) is 0 Å². The van der Waals surface area contributed by atoms with Gasteiger partial charge in [-0.1, -0.05) is 11.6 Å². The molecule has 4 heterocycles. The predicted molar refractivity (Wildman–Crippen MR) is 91.3 cm³/mol. The summed E-state index contributed by atoms with van der Waals surface area (Å²) in [5, 5.41) is 9.60. The zero-order chi connectivity index (χ0) is 16.5. The number of nitrogens with one attached hydrogen (secondary N) is 1. The molecular weight excluding hydrogens is 326 g/mol. The Hall–Kier alpha value is -2.83. The monoisotopic (exact) mass is 337 g/mol. The quantitative estimate of drug-likeness (QED) is 0.599. The Kier molecular flexibility index (Phi) is 3.68. The molecule has 4 aromatic heterocycles. The van der Waals surface area contributed by atoms with E-state index in [1.165, 1.54) is 0 Å². The summed E-state index contributed by atoms with van der Waals surface area (Å²) in [6.45, 7) is -0.0930. The molecule has 0 radical (unpaired) electrons. The van der Waals surface area contributed by atoms with Crippen LogP contribution < -0.4 is 0 Å². The summed E-state index contributed by atoms with van der Waals surface area (Å²) in [4.78, 5) is 20.5. The number of halogens is 1. The van der Waals surface area contributed by atoms with Gasteiger partial charge >= 0.3 is 0 Å². The molecule has 0 saturated carbocycles. The molecule has 4 rings (SSSR count). The Balaban J connectivity index is 1.69. The molecule has 0 aliphatic carbocycles. The lowest BCUT2D eigenvalue weighted by Gasteiger charge is -2.05. The first-order chi connectivity index (χ1) is 11.7. The number of H-pyrrole nitrogens is 1. The van der Waals surface area contributed by atoms with E-state index in [0.717, 1.165) is 11.1 Å². The molecule has 6 nitrogen and oxygen atoms in total. The molecule has 0 spiro atoms. The average molecular weight is 338 g/mol. The van der Waals surface area contributed by atoms with Gasteiger partial charge in [0.1, 0.15) is 5.69 Å². The van der Waals surface area contributed by atoms with Gasteiger partial charge in [-0.2, -0.15) is 0 Å². The number of imidazole rings is 1. The lowest BCUT2D eigenvalue weighted by Crippen LogP contribution is -1.92. The maximum atomic E-state index is 9.12. The van der Waals surface area contributed by atoms with Crippen molar-refractivity contribution in [3.63, 3.8) is 0 Å². The summed E-state index contributed by atoms with van der Waals surface area (Å²) in [5.41, 5.74) is 4.31. The molecule has 4 aromatic rings. The van der Waals surface area contributed by atoms with Crippen molar-refractivity contribution in [2.24, 2.45) is 0 Å². The van der Waals surface area contributed by atoms with Gasteiger partial charge in [-0.05, 0) is 35.9 Å². The van der Waals surface area contributed by atoms with Crippen LogP contribution in [0.25, 0.3) is 33.9 Å². The molecule has 0 aliphatic rings. The number of aliphatic hydroxyl groups is 1. The number of pyridine rings is 3. The molecule has 0 aromatic carbocycles. The van der Waals surface area contributed by atoms with Gasteiger partial charge in [0.05, 0.1) is 22.8 Å². The predicted octanol–water partition coefficient (Wildman–Crippen LogP) is 3.23. The van der Waals surface area contributed by atoms with E-state index in [-0.39, 0.29) is 6.61 Å². The molecule has 2 N–H and O–H groups in total. The van der Waals surface area contributed by atoms with E-state index in [2.05, 4.69) is 24.9 Å². The van der Waals surface area contributed by atoms with Crippen LogP contribution in [0.5, 0.6) is 0 Å². The molecule has 24 heavy (non-hydrogen) atoms. The largest absolute Gasteiger partial charge is 0.392 e. The molecule has 0 saturated heterocycles.